The monoisotopic (exact) mass is 430 g/mol. The summed E-state index contributed by atoms with van der Waals surface area (Å²) in [5.41, 5.74) is 1.71. The summed E-state index contributed by atoms with van der Waals surface area (Å²) in [6.07, 6.45) is 1.48. The molecule has 0 bridgehead atoms. The number of thioether (sulfide) groups is 1. The van der Waals surface area contributed by atoms with Gasteiger partial charge in [-0.15, -0.1) is 23.1 Å². The number of rotatable bonds is 6. The molecule has 4 rings (SSSR count). The molecule has 4 aromatic rings. The third-order valence-corrected chi connectivity index (χ3v) is 8.39. The maximum atomic E-state index is 13.2. The molecule has 0 spiro atoms. The number of halogens is 1. The van der Waals surface area contributed by atoms with Crippen LogP contribution in [0.25, 0.3) is 20.7 Å². The number of thiophene rings is 1. The topological polar surface area (TPSA) is 59.9 Å². The molecule has 4 nitrogen and oxygen atoms in total. The SMILES string of the molecule is O=S(=O)(CCSc1ncnc2cc(-c3ccc(F)cc3)sc12)c1ccccc1. The minimum Gasteiger partial charge on any atom is -0.235 e. The zero-order valence-electron chi connectivity index (χ0n) is 14.6. The van der Waals surface area contributed by atoms with E-state index >= 15 is 0 Å². The number of aromatic nitrogens is 2. The second-order valence-electron chi connectivity index (χ2n) is 5.99. The highest BCUT2D eigenvalue weighted by Gasteiger charge is 2.16. The van der Waals surface area contributed by atoms with Crippen LogP contribution < -0.4 is 0 Å². The van der Waals surface area contributed by atoms with Crippen LogP contribution in [0.5, 0.6) is 0 Å². The van der Waals surface area contributed by atoms with E-state index in [4.69, 9.17) is 0 Å². The average molecular weight is 431 g/mol. The average Bonchev–Trinajstić information content (AvgIpc) is 3.14. The molecule has 8 heteroatoms. The Morgan fingerprint density at radius 2 is 1.75 bits per heavy atom. The molecule has 0 amide bonds. The molecule has 142 valence electrons. The van der Waals surface area contributed by atoms with Crippen LogP contribution in [0.1, 0.15) is 0 Å². The summed E-state index contributed by atoms with van der Waals surface area (Å²) in [4.78, 5) is 9.93. The van der Waals surface area contributed by atoms with Crippen molar-refractivity contribution in [2.24, 2.45) is 0 Å². The molecule has 2 heterocycles. The van der Waals surface area contributed by atoms with Gasteiger partial charge in [-0.05, 0) is 35.9 Å². The number of hydrogen-bond donors (Lipinski definition) is 0. The second kappa shape index (κ2) is 7.98. The van der Waals surface area contributed by atoms with Crippen molar-refractivity contribution in [2.75, 3.05) is 11.5 Å². The van der Waals surface area contributed by atoms with Crippen LogP contribution in [0.3, 0.4) is 0 Å². The first-order valence-corrected chi connectivity index (χ1v) is 11.9. The molecule has 0 N–H and O–H groups in total. The summed E-state index contributed by atoms with van der Waals surface area (Å²) in [5.74, 6) is 0.150. The molecule has 0 aliphatic rings. The Hall–Kier alpha value is -2.29. The van der Waals surface area contributed by atoms with E-state index < -0.39 is 9.84 Å². The zero-order chi connectivity index (χ0) is 19.6. The Balaban J connectivity index is 1.54. The Kier molecular flexibility index (Phi) is 5.43. The van der Waals surface area contributed by atoms with Crippen molar-refractivity contribution in [3.05, 3.63) is 72.8 Å². The molecule has 0 saturated carbocycles. The molecule has 0 atom stereocenters. The zero-order valence-corrected chi connectivity index (χ0v) is 17.0. The Morgan fingerprint density at radius 3 is 2.50 bits per heavy atom. The van der Waals surface area contributed by atoms with Crippen LogP contribution >= 0.6 is 23.1 Å². The Morgan fingerprint density at radius 1 is 1.00 bits per heavy atom. The first-order valence-electron chi connectivity index (χ1n) is 8.44. The lowest BCUT2D eigenvalue weighted by Gasteiger charge is -2.04. The van der Waals surface area contributed by atoms with E-state index in [2.05, 4.69) is 9.97 Å². The summed E-state index contributed by atoms with van der Waals surface area (Å²) in [6, 6.07) is 16.7. The molecular weight excluding hydrogens is 415 g/mol. The highest BCUT2D eigenvalue weighted by Crippen LogP contribution is 2.37. The van der Waals surface area contributed by atoms with E-state index in [-0.39, 0.29) is 11.6 Å². The molecule has 28 heavy (non-hydrogen) atoms. The van der Waals surface area contributed by atoms with Gasteiger partial charge < -0.3 is 0 Å². The van der Waals surface area contributed by atoms with E-state index in [1.54, 1.807) is 42.5 Å². The summed E-state index contributed by atoms with van der Waals surface area (Å²) in [5, 5.41) is 0.756. The third kappa shape index (κ3) is 4.09. The molecule has 0 radical (unpaired) electrons. The minimum atomic E-state index is -3.32. The lowest BCUT2D eigenvalue weighted by Crippen LogP contribution is -2.08. The van der Waals surface area contributed by atoms with Gasteiger partial charge in [-0.2, -0.15) is 0 Å². The fourth-order valence-electron chi connectivity index (χ4n) is 2.69. The number of sulfone groups is 1. The number of fused-ring (bicyclic) bond motifs is 1. The van der Waals surface area contributed by atoms with E-state index in [1.807, 2.05) is 6.07 Å². The predicted octanol–water partition coefficient (Wildman–Crippen LogP) is 5.06. The van der Waals surface area contributed by atoms with Crippen molar-refractivity contribution in [2.45, 2.75) is 9.92 Å². The Labute approximate surface area is 170 Å². The van der Waals surface area contributed by atoms with Gasteiger partial charge in [0, 0.05) is 10.6 Å². The minimum absolute atomic E-state index is 0.0311. The van der Waals surface area contributed by atoms with Crippen LogP contribution in [0, 0.1) is 5.82 Å². The summed E-state index contributed by atoms with van der Waals surface area (Å²) >= 11 is 2.92. The van der Waals surface area contributed by atoms with Crippen LogP contribution in [-0.2, 0) is 9.84 Å². The largest absolute Gasteiger partial charge is 0.235 e. The molecular formula is C20H15FN2O2S3. The van der Waals surface area contributed by atoms with Gasteiger partial charge in [0.1, 0.15) is 17.2 Å². The lowest BCUT2D eigenvalue weighted by atomic mass is 10.2. The van der Waals surface area contributed by atoms with Gasteiger partial charge in [0.15, 0.2) is 9.84 Å². The van der Waals surface area contributed by atoms with Gasteiger partial charge in [-0.3, -0.25) is 0 Å². The van der Waals surface area contributed by atoms with Gasteiger partial charge in [-0.1, -0.05) is 30.3 Å². The van der Waals surface area contributed by atoms with Crippen molar-refractivity contribution >= 4 is 43.2 Å². The van der Waals surface area contributed by atoms with Gasteiger partial charge in [0.05, 0.1) is 20.9 Å². The number of benzene rings is 2. The maximum absolute atomic E-state index is 13.2. The molecule has 0 fully saturated rings. The van der Waals surface area contributed by atoms with Crippen LogP contribution in [0.4, 0.5) is 4.39 Å². The van der Waals surface area contributed by atoms with Crippen molar-refractivity contribution in [3.63, 3.8) is 0 Å². The molecule has 0 aliphatic heterocycles. The second-order valence-corrected chi connectivity index (χ2v) is 10.2. The first-order chi connectivity index (χ1) is 13.5. The maximum Gasteiger partial charge on any atom is 0.179 e. The Bertz CT molecular complexity index is 1210. The van der Waals surface area contributed by atoms with Crippen LogP contribution in [0.15, 0.2) is 76.9 Å². The number of hydrogen-bond acceptors (Lipinski definition) is 6. The molecule has 2 aromatic carbocycles. The van der Waals surface area contributed by atoms with E-state index in [1.165, 1.54) is 41.6 Å². The summed E-state index contributed by atoms with van der Waals surface area (Å²) in [7, 11) is -3.32. The lowest BCUT2D eigenvalue weighted by molar-refractivity contribution is 0.597. The van der Waals surface area contributed by atoms with Gasteiger partial charge >= 0.3 is 0 Å². The van der Waals surface area contributed by atoms with Gasteiger partial charge in [-0.25, -0.2) is 22.8 Å². The first kappa shape index (κ1) is 19.0. The smallest absolute Gasteiger partial charge is 0.179 e. The summed E-state index contributed by atoms with van der Waals surface area (Å²) < 4.78 is 38.9. The highest BCUT2D eigenvalue weighted by atomic mass is 32.2. The van der Waals surface area contributed by atoms with Gasteiger partial charge in [0.25, 0.3) is 0 Å². The van der Waals surface area contributed by atoms with E-state index in [9.17, 15) is 12.8 Å². The fourth-order valence-corrected chi connectivity index (χ4v) is 6.56. The standard InChI is InChI=1S/C20H15FN2O2S3/c21-15-8-6-14(7-9-15)18-12-17-19(27-18)20(23-13-22-17)26-10-11-28(24,25)16-4-2-1-3-5-16/h1-9,12-13H,10-11H2. The fraction of sp³-hybridized carbons (Fsp3) is 0.100. The third-order valence-electron chi connectivity index (χ3n) is 4.10. The van der Waals surface area contributed by atoms with Gasteiger partial charge in [0.2, 0.25) is 0 Å². The molecule has 2 aromatic heterocycles. The summed E-state index contributed by atoms with van der Waals surface area (Å²) in [6.45, 7) is 0. The van der Waals surface area contributed by atoms with Crippen molar-refractivity contribution in [1.82, 2.24) is 9.97 Å². The molecule has 0 saturated heterocycles. The predicted molar refractivity (Wildman–Crippen MR) is 112 cm³/mol. The van der Waals surface area contributed by atoms with Crippen LogP contribution in [-0.4, -0.2) is 29.9 Å². The van der Waals surface area contributed by atoms with Crippen LogP contribution in [0.2, 0.25) is 0 Å². The van der Waals surface area contributed by atoms with Crippen molar-refractivity contribution in [3.8, 4) is 10.4 Å². The molecule has 0 unspecified atom stereocenters. The van der Waals surface area contributed by atoms with E-state index in [0.29, 0.717) is 10.6 Å². The van der Waals surface area contributed by atoms with Crippen molar-refractivity contribution in [1.29, 1.82) is 0 Å². The quantitative estimate of drug-likeness (QED) is 0.316. The molecule has 0 aliphatic carbocycles. The normalized spacial score (nSPS) is 11.8. The highest BCUT2D eigenvalue weighted by molar-refractivity contribution is 8.01. The van der Waals surface area contributed by atoms with E-state index in [0.717, 1.165) is 25.7 Å². The number of nitrogens with zero attached hydrogens (tertiary/aromatic N) is 2. The van der Waals surface area contributed by atoms with Crippen molar-refractivity contribution < 1.29 is 12.8 Å².